The van der Waals surface area contributed by atoms with Crippen molar-refractivity contribution in [3.05, 3.63) is 0 Å². The zero-order valence-corrected chi connectivity index (χ0v) is 9.17. The standard InChI is InChI=1S/C9H11F3O2S/c1-8(2)3-5(13)7(6(14)4-8)15-9(10,11)12/h7H,3-4H2,1-2H3. The number of Topliss-reactive ketones (excluding diaryl/α,β-unsaturated/α-hetero) is 2. The van der Waals surface area contributed by atoms with Gasteiger partial charge in [-0.2, -0.15) is 13.2 Å². The van der Waals surface area contributed by atoms with E-state index >= 15 is 0 Å². The predicted octanol–water partition coefficient (Wildman–Crippen LogP) is 2.57. The monoisotopic (exact) mass is 240 g/mol. The van der Waals surface area contributed by atoms with E-state index in [0.717, 1.165) is 0 Å². The topological polar surface area (TPSA) is 34.1 Å². The normalized spacial score (nSPS) is 23.3. The van der Waals surface area contributed by atoms with E-state index in [1.54, 1.807) is 13.8 Å². The van der Waals surface area contributed by atoms with Gasteiger partial charge in [0.25, 0.3) is 0 Å². The molecule has 1 aliphatic carbocycles. The quantitative estimate of drug-likeness (QED) is 0.660. The molecule has 0 radical (unpaired) electrons. The molecule has 0 N–H and O–H groups in total. The van der Waals surface area contributed by atoms with Gasteiger partial charge in [0.05, 0.1) is 0 Å². The molecule has 2 nitrogen and oxygen atoms in total. The number of rotatable bonds is 1. The van der Waals surface area contributed by atoms with Crippen LogP contribution in [0.5, 0.6) is 0 Å². The highest BCUT2D eigenvalue weighted by molar-refractivity contribution is 8.02. The molecule has 15 heavy (non-hydrogen) atoms. The molecule has 1 aliphatic rings. The summed E-state index contributed by atoms with van der Waals surface area (Å²) >= 11 is -0.504. The SMILES string of the molecule is CC1(C)CC(=O)C(SC(F)(F)F)C(=O)C1. The van der Waals surface area contributed by atoms with Crippen LogP contribution in [0, 0.1) is 5.41 Å². The molecule has 0 aromatic carbocycles. The van der Waals surface area contributed by atoms with Crippen LogP contribution in [0.2, 0.25) is 0 Å². The molecule has 0 aliphatic heterocycles. The second-order valence-electron chi connectivity index (χ2n) is 4.39. The third kappa shape index (κ3) is 3.52. The maximum atomic E-state index is 12.0. The van der Waals surface area contributed by atoms with Crippen LogP contribution in [0.4, 0.5) is 13.2 Å². The van der Waals surface area contributed by atoms with Crippen LogP contribution in [0.25, 0.3) is 0 Å². The molecule has 1 rings (SSSR count). The Morgan fingerprint density at radius 2 is 1.60 bits per heavy atom. The van der Waals surface area contributed by atoms with Gasteiger partial charge in [0, 0.05) is 12.8 Å². The van der Waals surface area contributed by atoms with Crippen molar-refractivity contribution in [2.75, 3.05) is 0 Å². The Morgan fingerprint density at radius 3 is 1.93 bits per heavy atom. The summed E-state index contributed by atoms with van der Waals surface area (Å²) < 4.78 is 36.1. The Bertz CT molecular complexity index is 276. The molecule has 0 atom stereocenters. The first-order chi connectivity index (χ1) is 6.61. The summed E-state index contributed by atoms with van der Waals surface area (Å²) in [5.74, 6) is -1.22. The summed E-state index contributed by atoms with van der Waals surface area (Å²) in [6, 6.07) is 0. The molecule has 0 bridgehead atoms. The van der Waals surface area contributed by atoms with Crippen molar-refractivity contribution in [1.82, 2.24) is 0 Å². The van der Waals surface area contributed by atoms with Gasteiger partial charge in [-0.1, -0.05) is 13.8 Å². The molecule has 0 amide bonds. The van der Waals surface area contributed by atoms with Crippen LogP contribution in [0.15, 0.2) is 0 Å². The summed E-state index contributed by atoms with van der Waals surface area (Å²) in [7, 11) is 0. The van der Waals surface area contributed by atoms with Gasteiger partial charge in [-0.25, -0.2) is 0 Å². The van der Waals surface area contributed by atoms with Crippen molar-refractivity contribution < 1.29 is 22.8 Å². The van der Waals surface area contributed by atoms with Crippen LogP contribution < -0.4 is 0 Å². The Labute approximate surface area is 89.6 Å². The lowest BCUT2D eigenvalue weighted by molar-refractivity contribution is -0.133. The predicted molar refractivity (Wildman–Crippen MR) is 50.5 cm³/mol. The number of hydrogen-bond donors (Lipinski definition) is 0. The lowest BCUT2D eigenvalue weighted by atomic mass is 9.76. The van der Waals surface area contributed by atoms with Gasteiger partial charge in [-0.3, -0.25) is 9.59 Å². The van der Waals surface area contributed by atoms with Crippen molar-refractivity contribution in [3.63, 3.8) is 0 Å². The Balaban J connectivity index is 2.76. The van der Waals surface area contributed by atoms with Crippen LogP contribution in [0.3, 0.4) is 0 Å². The fraction of sp³-hybridized carbons (Fsp3) is 0.778. The van der Waals surface area contributed by atoms with Gasteiger partial charge in [0.15, 0.2) is 11.6 Å². The zero-order valence-electron chi connectivity index (χ0n) is 8.35. The molecule has 0 unspecified atom stereocenters. The van der Waals surface area contributed by atoms with Crippen LogP contribution in [-0.2, 0) is 9.59 Å². The van der Waals surface area contributed by atoms with Crippen molar-refractivity contribution in [2.24, 2.45) is 5.41 Å². The van der Waals surface area contributed by atoms with Gasteiger partial charge in [-0.15, -0.1) is 0 Å². The molecule has 6 heteroatoms. The number of carbonyl (C=O) groups excluding carboxylic acids is 2. The maximum absolute atomic E-state index is 12.0. The van der Waals surface area contributed by atoms with Crippen LogP contribution >= 0.6 is 11.8 Å². The highest BCUT2D eigenvalue weighted by Gasteiger charge is 2.45. The van der Waals surface area contributed by atoms with Crippen molar-refractivity contribution in [2.45, 2.75) is 37.4 Å². The molecule has 1 saturated carbocycles. The highest BCUT2D eigenvalue weighted by atomic mass is 32.2. The van der Waals surface area contributed by atoms with Crippen LogP contribution in [-0.4, -0.2) is 22.3 Å². The lowest BCUT2D eigenvalue weighted by Gasteiger charge is -2.31. The minimum Gasteiger partial charge on any atom is -0.298 e. The fourth-order valence-electron chi connectivity index (χ4n) is 1.64. The van der Waals surface area contributed by atoms with E-state index in [4.69, 9.17) is 0 Å². The molecule has 0 aromatic rings. The minimum absolute atomic E-state index is 0.0342. The Morgan fingerprint density at radius 1 is 1.20 bits per heavy atom. The van der Waals surface area contributed by atoms with E-state index in [1.165, 1.54) is 0 Å². The van der Waals surface area contributed by atoms with Crippen molar-refractivity contribution >= 4 is 23.3 Å². The number of halogens is 3. The van der Waals surface area contributed by atoms with Gasteiger partial charge < -0.3 is 0 Å². The first-order valence-electron chi connectivity index (χ1n) is 4.41. The molecule has 0 spiro atoms. The minimum atomic E-state index is -4.53. The van der Waals surface area contributed by atoms with Gasteiger partial charge >= 0.3 is 5.51 Å². The number of carbonyl (C=O) groups is 2. The average Bonchev–Trinajstić information content (AvgIpc) is 1.93. The van der Waals surface area contributed by atoms with E-state index in [9.17, 15) is 22.8 Å². The maximum Gasteiger partial charge on any atom is 0.442 e. The number of hydrogen-bond acceptors (Lipinski definition) is 3. The smallest absolute Gasteiger partial charge is 0.298 e. The zero-order chi connectivity index (χ0) is 11.9. The second-order valence-corrected chi connectivity index (χ2v) is 5.56. The molecule has 86 valence electrons. The lowest BCUT2D eigenvalue weighted by Crippen LogP contribution is -2.41. The summed E-state index contributed by atoms with van der Waals surface area (Å²) in [6.07, 6.45) is 0.0684. The Hall–Kier alpha value is -0.520. The van der Waals surface area contributed by atoms with E-state index in [0.29, 0.717) is 0 Å². The van der Waals surface area contributed by atoms with E-state index in [1.807, 2.05) is 0 Å². The third-order valence-corrected chi connectivity index (χ3v) is 3.17. The molecule has 0 heterocycles. The van der Waals surface area contributed by atoms with Crippen LogP contribution in [0.1, 0.15) is 26.7 Å². The summed E-state index contributed by atoms with van der Waals surface area (Å²) in [5, 5.41) is -1.54. The van der Waals surface area contributed by atoms with E-state index in [-0.39, 0.29) is 12.8 Å². The largest absolute Gasteiger partial charge is 0.442 e. The first-order valence-corrected chi connectivity index (χ1v) is 5.29. The summed E-state index contributed by atoms with van der Waals surface area (Å²) in [5.41, 5.74) is -5.03. The van der Waals surface area contributed by atoms with Gasteiger partial charge in [0.2, 0.25) is 0 Å². The van der Waals surface area contributed by atoms with Crippen molar-refractivity contribution in [1.29, 1.82) is 0 Å². The third-order valence-electron chi connectivity index (χ3n) is 2.14. The molecule has 0 saturated heterocycles. The number of alkyl halides is 3. The number of ketones is 2. The summed E-state index contributed by atoms with van der Waals surface area (Å²) in [6.45, 7) is 3.41. The van der Waals surface area contributed by atoms with E-state index in [2.05, 4.69) is 0 Å². The first kappa shape index (κ1) is 12.5. The molecular weight excluding hydrogens is 229 g/mol. The number of thioether (sulfide) groups is 1. The average molecular weight is 240 g/mol. The molecule has 1 fully saturated rings. The molecular formula is C9H11F3O2S. The second kappa shape index (κ2) is 3.81. The Kier molecular flexibility index (Phi) is 3.19. The highest BCUT2D eigenvalue weighted by Crippen LogP contribution is 2.41. The van der Waals surface area contributed by atoms with Gasteiger partial charge in [-0.05, 0) is 17.2 Å². The summed E-state index contributed by atoms with van der Waals surface area (Å²) in [4.78, 5) is 22.7. The molecule has 0 aromatic heterocycles. The fourth-order valence-corrected chi connectivity index (χ4v) is 2.33. The van der Waals surface area contributed by atoms with Crippen molar-refractivity contribution in [3.8, 4) is 0 Å². The van der Waals surface area contributed by atoms with Gasteiger partial charge in [0.1, 0.15) is 5.25 Å². The van der Waals surface area contributed by atoms with E-state index < -0.39 is 39.5 Å².